The van der Waals surface area contributed by atoms with E-state index in [1.54, 1.807) is 58.2 Å². The highest BCUT2D eigenvalue weighted by Gasteiger charge is 2.39. The second-order valence-electron chi connectivity index (χ2n) is 8.08. The Labute approximate surface area is 192 Å². The Bertz CT molecular complexity index is 1060. The molecule has 2 aromatic rings. The molecule has 1 atom stereocenters. The van der Waals surface area contributed by atoms with Crippen LogP contribution < -0.4 is 14.4 Å². The quantitative estimate of drug-likeness (QED) is 0.741. The standard InChI is InChI=1S/C24H27N3O6/c1-32-17-7-8-21(33-2)19(14-17)27-15-16(13-22(27)29)23(30)25-9-11-26(12-10-25)24(31)18-5-3-4-6-20(18)28/h3-8,14,16,28H,9-13,15H2,1-2H3. The summed E-state index contributed by atoms with van der Waals surface area (Å²) < 4.78 is 10.7. The van der Waals surface area contributed by atoms with E-state index in [9.17, 15) is 19.5 Å². The zero-order chi connectivity index (χ0) is 23.5. The van der Waals surface area contributed by atoms with Gasteiger partial charge in [0.1, 0.15) is 17.2 Å². The maximum atomic E-state index is 13.1. The van der Waals surface area contributed by atoms with E-state index in [0.717, 1.165) is 0 Å². The van der Waals surface area contributed by atoms with Crippen molar-refractivity contribution in [1.82, 2.24) is 9.80 Å². The number of hydrogen-bond donors (Lipinski definition) is 1. The molecule has 0 aliphatic carbocycles. The van der Waals surface area contributed by atoms with E-state index in [1.807, 2.05) is 0 Å². The highest BCUT2D eigenvalue weighted by molar-refractivity contribution is 6.01. The van der Waals surface area contributed by atoms with Crippen LogP contribution in [0.3, 0.4) is 0 Å². The van der Waals surface area contributed by atoms with Gasteiger partial charge < -0.3 is 29.3 Å². The Morgan fingerprint density at radius 1 is 0.970 bits per heavy atom. The lowest BCUT2D eigenvalue weighted by Gasteiger charge is -2.36. The van der Waals surface area contributed by atoms with Crippen molar-refractivity contribution >= 4 is 23.4 Å². The van der Waals surface area contributed by atoms with Gasteiger partial charge in [-0.15, -0.1) is 0 Å². The Balaban J connectivity index is 1.40. The summed E-state index contributed by atoms with van der Waals surface area (Å²) in [7, 11) is 3.08. The molecule has 2 aliphatic rings. The van der Waals surface area contributed by atoms with Crippen molar-refractivity contribution in [2.24, 2.45) is 5.92 Å². The summed E-state index contributed by atoms with van der Waals surface area (Å²) in [5.74, 6) is 0.114. The van der Waals surface area contributed by atoms with Gasteiger partial charge in [-0.05, 0) is 24.3 Å². The van der Waals surface area contributed by atoms with Gasteiger partial charge >= 0.3 is 0 Å². The molecule has 3 amide bonds. The summed E-state index contributed by atoms with van der Waals surface area (Å²) in [5, 5.41) is 9.94. The minimum Gasteiger partial charge on any atom is -0.507 e. The predicted molar refractivity (Wildman–Crippen MR) is 121 cm³/mol. The van der Waals surface area contributed by atoms with Gasteiger partial charge in [0.05, 0.1) is 31.4 Å². The smallest absolute Gasteiger partial charge is 0.257 e. The number of anilines is 1. The minimum atomic E-state index is -0.464. The van der Waals surface area contributed by atoms with E-state index in [4.69, 9.17) is 9.47 Å². The number of para-hydroxylation sites is 1. The van der Waals surface area contributed by atoms with E-state index in [0.29, 0.717) is 43.4 Å². The number of carbonyl (C=O) groups excluding carboxylic acids is 3. The summed E-state index contributed by atoms with van der Waals surface area (Å²) in [5.41, 5.74) is 0.830. The first-order chi connectivity index (χ1) is 15.9. The number of carbonyl (C=O) groups is 3. The minimum absolute atomic E-state index is 0.0569. The fourth-order valence-corrected chi connectivity index (χ4v) is 4.33. The summed E-state index contributed by atoms with van der Waals surface area (Å²) >= 11 is 0. The summed E-state index contributed by atoms with van der Waals surface area (Å²) in [6.07, 6.45) is 0.121. The van der Waals surface area contributed by atoms with Crippen LogP contribution in [0.5, 0.6) is 17.2 Å². The lowest BCUT2D eigenvalue weighted by atomic mass is 10.1. The second kappa shape index (κ2) is 9.40. The molecule has 2 heterocycles. The normalized spacial score (nSPS) is 18.4. The number of phenols is 1. The van der Waals surface area contributed by atoms with E-state index in [-0.39, 0.29) is 42.0 Å². The van der Waals surface area contributed by atoms with Crippen molar-refractivity contribution in [2.75, 3.05) is 51.8 Å². The van der Waals surface area contributed by atoms with Crippen molar-refractivity contribution in [3.05, 3.63) is 48.0 Å². The van der Waals surface area contributed by atoms with E-state index >= 15 is 0 Å². The number of phenolic OH excluding ortho intramolecular Hbond substituents is 1. The lowest BCUT2D eigenvalue weighted by Crippen LogP contribution is -2.52. The van der Waals surface area contributed by atoms with Crippen LogP contribution in [-0.2, 0) is 9.59 Å². The highest BCUT2D eigenvalue weighted by Crippen LogP contribution is 2.36. The van der Waals surface area contributed by atoms with Gasteiger partial charge in [0.2, 0.25) is 11.8 Å². The van der Waals surface area contributed by atoms with Crippen LogP contribution in [0.2, 0.25) is 0 Å². The van der Waals surface area contributed by atoms with Gasteiger partial charge in [-0.1, -0.05) is 12.1 Å². The predicted octanol–water partition coefficient (Wildman–Crippen LogP) is 1.75. The molecule has 9 nitrogen and oxygen atoms in total. The van der Waals surface area contributed by atoms with Crippen molar-refractivity contribution in [3.8, 4) is 17.2 Å². The fourth-order valence-electron chi connectivity index (χ4n) is 4.33. The van der Waals surface area contributed by atoms with Crippen LogP contribution >= 0.6 is 0 Å². The molecule has 0 spiro atoms. The van der Waals surface area contributed by atoms with E-state index in [1.165, 1.54) is 13.2 Å². The molecular weight excluding hydrogens is 426 g/mol. The molecule has 9 heteroatoms. The molecule has 0 saturated carbocycles. The summed E-state index contributed by atoms with van der Waals surface area (Å²) in [6, 6.07) is 11.6. The van der Waals surface area contributed by atoms with Crippen molar-refractivity contribution in [1.29, 1.82) is 0 Å². The van der Waals surface area contributed by atoms with Gasteiger partial charge in [0, 0.05) is 45.2 Å². The van der Waals surface area contributed by atoms with Crippen LogP contribution in [0.1, 0.15) is 16.8 Å². The number of benzene rings is 2. The highest BCUT2D eigenvalue weighted by atomic mass is 16.5. The molecular formula is C24H27N3O6. The summed E-state index contributed by atoms with van der Waals surface area (Å²) in [4.78, 5) is 43.5. The van der Waals surface area contributed by atoms with E-state index in [2.05, 4.69) is 0 Å². The third-order valence-corrected chi connectivity index (χ3v) is 6.16. The molecule has 2 aromatic carbocycles. The molecule has 4 rings (SSSR count). The maximum absolute atomic E-state index is 13.1. The van der Waals surface area contributed by atoms with Gasteiger partial charge in [0.25, 0.3) is 5.91 Å². The Morgan fingerprint density at radius 2 is 1.67 bits per heavy atom. The third-order valence-electron chi connectivity index (χ3n) is 6.16. The van der Waals surface area contributed by atoms with Gasteiger partial charge in [-0.3, -0.25) is 14.4 Å². The number of ether oxygens (including phenoxy) is 2. The number of rotatable bonds is 5. The fraction of sp³-hybridized carbons (Fsp3) is 0.375. The molecule has 2 saturated heterocycles. The van der Waals surface area contributed by atoms with Gasteiger partial charge in [-0.2, -0.15) is 0 Å². The van der Waals surface area contributed by atoms with Gasteiger partial charge in [-0.25, -0.2) is 0 Å². The number of hydrogen-bond acceptors (Lipinski definition) is 6. The molecule has 0 radical (unpaired) electrons. The topological polar surface area (TPSA) is 99.6 Å². The number of methoxy groups -OCH3 is 2. The Morgan fingerprint density at radius 3 is 2.33 bits per heavy atom. The van der Waals surface area contributed by atoms with Gasteiger partial charge in [0.15, 0.2) is 0 Å². The van der Waals surface area contributed by atoms with Crippen molar-refractivity contribution < 1.29 is 29.0 Å². The average molecular weight is 453 g/mol. The molecule has 33 heavy (non-hydrogen) atoms. The molecule has 174 valence electrons. The zero-order valence-electron chi connectivity index (χ0n) is 18.7. The van der Waals surface area contributed by atoms with Crippen LogP contribution in [0.15, 0.2) is 42.5 Å². The number of nitrogens with zero attached hydrogens (tertiary/aromatic N) is 3. The molecule has 2 fully saturated rings. The molecule has 0 bridgehead atoms. The molecule has 2 aliphatic heterocycles. The second-order valence-corrected chi connectivity index (χ2v) is 8.08. The first kappa shape index (κ1) is 22.4. The third kappa shape index (κ3) is 4.44. The Hall–Kier alpha value is -3.75. The first-order valence-electron chi connectivity index (χ1n) is 10.8. The largest absolute Gasteiger partial charge is 0.507 e. The first-order valence-corrected chi connectivity index (χ1v) is 10.8. The SMILES string of the molecule is COc1ccc(OC)c(N2CC(C(=O)N3CCN(C(=O)c4ccccc4O)CC3)CC2=O)c1. The van der Waals surface area contributed by atoms with Crippen LogP contribution in [0.25, 0.3) is 0 Å². The van der Waals surface area contributed by atoms with Crippen LogP contribution in [0, 0.1) is 5.92 Å². The summed E-state index contributed by atoms with van der Waals surface area (Å²) in [6.45, 7) is 1.76. The van der Waals surface area contributed by atoms with Crippen LogP contribution in [-0.4, -0.2) is 79.6 Å². The lowest BCUT2D eigenvalue weighted by molar-refractivity contribution is -0.137. The number of amides is 3. The van der Waals surface area contributed by atoms with Crippen molar-refractivity contribution in [2.45, 2.75) is 6.42 Å². The van der Waals surface area contributed by atoms with Crippen molar-refractivity contribution in [3.63, 3.8) is 0 Å². The average Bonchev–Trinajstić information content (AvgIpc) is 3.24. The number of aromatic hydroxyl groups is 1. The van der Waals surface area contributed by atoms with Crippen LogP contribution in [0.4, 0.5) is 5.69 Å². The van der Waals surface area contributed by atoms with E-state index < -0.39 is 5.92 Å². The zero-order valence-corrected chi connectivity index (χ0v) is 18.7. The molecule has 0 aromatic heterocycles. The number of piperazine rings is 1. The maximum Gasteiger partial charge on any atom is 0.257 e. The molecule has 1 N–H and O–H groups in total. The monoisotopic (exact) mass is 453 g/mol. The Kier molecular flexibility index (Phi) is 6.39. The molecule has 1 unspecified atom stereocenters.